The Bertz CT molecular complexity index is 1120. The van der Waals surface area contributed by atoms with Crippen molar-refractivity contribution in [2.75, 3.05) is 33.2 Å². The molecule has 0 aromatic heterocycles. The zero-order valence-corrected chi connectivity index (χ0v) is 21.8. The first kappa shape index (κ1) is 26.8. The van der Waals surface area contributed by atoms with Gasteiger partial charge in [-0.1, -0.05) is 67.8 Å². The van der Waals surface area contributed by atoms with Crippen LogP contribution < -0.4 is 11.1 Å². The van der Waals surface area contributed by atoms with E-state index in [4.69, 9.17) is 5.73 Å². The summed E-state index contributed by atoms with van der Waals surface area (Å²) in [5.74, 6) is -0.207. The topological polar surface area (TPSA) is 109 Å². The Hall–Kier alpha value is -3.23. The Morgan fingerprint density at radius 3 is 2.14 bits per heavy atom. The third-order valence-electron chi connectivity index (χ3n) is 7.94. The van der Waals surface area contributed by atoms with Gasteiger partial charge in [-0.15, -0.1) is 0 Å². The molecule has 0 bridgehead atoms. The predicted molar refractivity (Wildman–Crippen MR) is 145 cm³/mol. The second kappa shape index (κ2) is 12.3. The molecular weight excluding hydrogens is 460 g/mol. The fourth-order valence-electron chi connectivity index (χ4n) is 5.49. The molecule has 7 nitrogen and oxygen atoms in total. The number of carbonyl (C=O) groups excluding carboxylic acids is 1. The number of nitrogens with zero attached hydrogens (tertiary/aromatic N) is 4. The van der Waals surface area contributed by atoms with E-state index in [2.05, 4.69) is 70.7 Å². The number of carbonyl (C=O) groups is 1. The van der Waals surface area contributed by atoms with Gasteiger partial charge in [0.25, 0.3) is 0 Å². The number of hydrogen-bond acceptors (Lipinski definition) is 6. The van der Waals surface area contributed by atoms with Gasteiger partial charge in [-0.3, -0.25) is 9.69 Å². The van der Waals surface area contributed by atoms with Gasteiger partial charge < -0.3 is 16.0 Å². The van der Waals surface area contributed by atoms with E-state index >= 15 is 0 Å². The van der Waals surface area contributed by atoms with Crippen molar-refractivity contribution >= 4 is 5.91 Å². The molecule has 0 spiro atoms. The van der Waals surface area contributed by atoms with E-state index in [0.717, 1.165) is 62.1 Å². The molecular formula is C30H38N6O. The summed E-state index contributed by atoms with van der Waals surface area (Å²) in [4.78, 5) is 17.5. The summed E-state index contributed by atoms with van der Waals surface area (Å²) in [5, 5.41) is 21.9. The van der Waals surface area contributed by atoms with Crippen LogP contribution in [0, 0.1) is 22.7 Å². The molecule has 2 aromatic rings. The summed E-state index contributed by atoms with van der Waals surface area (Å²) in [6.07, 6.45) is 5.31. The number of likely N-dealkylation sites (N-methyl/N-ethyl adjacent to an activating group) is 1. The molecule has 1 heterocycles. The third-order valence-corrected chi connectivity index (χ3v) is 7.94. The van der Waals surface area contributed by atoms with Crippen LogP contribution in [0.15, 0.2) is 48.5 Å². The van der Waals surface area contributed by atoms with Gasteiger partial charge in [0.1, 0.15) is 6.04 Å². The van der Waals surface area contributed by atoms with Gasteiger partial charge in [0.05, 0.1) is 24.1 Å². The molecule has 1 saturated heterocycles. The van der Waals surface area contributed by atoms with Gasteiger partial charge in [0, 0.05) is 38.6 Å². The molecule has 1 aliphatic heterocycles. The molecule has 1 unspecified atom stereocenters. The monoisotopic (exact) mass is 498 g/mol. The maximum atomic E-state index is 12.7. The zero-order chi connectivity index (χ0) is 26.3. The molecule has 194 valence electrons. The van der Waals surface area contributed by atoms with Gasteiger partial charge in [-0.25, -0.2) is 0 Å². The Morgan fingerprint density at radius 2 is 1.57 bits per heavy atom. The number of hydrogen-bond donors (Lipinski definition) is 2. The van der Waals surface area contributed by atoms with Crippen LogP contribution in [0.3, 0.4) is 0 Å². The Morgan fingerprint density at radius 1 is 0.973 bits per heavy atom. The zero-order valence-electron chi connectivity index (χ0n) is 21.8. The molecule has 37 heavy (non-hydrogen) atoms. The Balaban J connectivity index is 1.38. The van der Waals surface area contributed by atoms with Crippen molar-refractivity contribution in [3.8, 4) is 23.3 Å². The van der Waals surface area contributed by atoms with Crippen LogP contribution in [0.2, 0.25) is 0 Å². The molecule has 1 saturated carbocycles. The van der Waals surface area contributed by atoms with Crippen molar-refractivity contribution in [1.29, 1.82) is 10.5 Å². The summed E-state index contributed by atoms with van der Waals surface area (Å²) in [7, 11) is 2.14. The highest BCUT2D eigenvalue weighted by atomic mass is 16.2. The molecule has 0 radical (unpaired) electrons. The molecule has 7 heteroatoms. The summed E-state index contributed by atoms with van der Waals surface area (Å²) in [5.41, 5.74) is 9.85. The molecule has 2 atom stereocenters. The Labute approximate surface area is 220 Å². The normalized spacial score (nSPS) is 19.8. The molecule has 4 rings (SSSR count). The lowest BCUT2D eigenvalue weighted by molar-refractivity contribution is -0.127. The minimum atomic E-state index is -0.847. The number of piperazine rings is 1. The highest BCUT2D eigenvalue weighted by molar-refractivity contribution is 5.86. The lowest BCUT2D eigenvalue weighted by atomic mass is 9.81. The van der Waals surface area contributed by atoms with Gasteiger partial charge in [0.15, 0.2) is 0 Å². The van der Waals surface area contributed by atoms with Crippen molar-refractivity contribution in [2.24, 2.45) is 5.73 Å². The summed E-state index contributed by atoms with van der Waals surface area (Å²) >= 11 is 0. The van der Waals surface area contributed by atoms with Crippen molar-refractivity contribution in [3.05, 3.63) is 59.7 Å². The fraction of sp³-hybridized carbons (Fsp3) is 0.500. The number of benzene rings is 2. The SMILES string of the molecule is CN1CCN(C(CC#N)c2ccc(-c3ccc(C[C@@H](C#N)NC(=O)C4(N)CCCCC4)cc3)cc2)CC1. The molecule has 2 fully saturated rings. The molecule has 1 amide bonds. The molecule has 2 aromatic carbocycles. The number of nitrogens with one attached hydrogen (secondary N) is 1. The van der Waals surface area contributed by atoms with E-state index in [9.17, 15) is 15.3 Å². The standard InChI is InChI=1S/C30H38N6O/c1-35-17-19-36(20-18-35)28(13-16-31)26-11-9-25(10-12-26)24-7-5-23(6-8-24)21-27(22-32)34-29(37)30(33)14-3-2-4-15-30/h5-12,27-28H,2-4,13-15,17-21,33H2,1H3,(H,34,37)/t27-,28?/m0/s1. The minimum absolute atomic E-state index is 0.120. The van der Waals surface area contributed by atoms with Gasteiger partial charge >= 0.3 is 0 Å². The average Bonchev–Trinajstić information content (AvgIpc) is 2.93. The second-order valence-corrected chi connectivity index (χ2v) is 10.6. The smallest absolute Gasteiger partial charge is 0.241 e. The number of nitrogens with two attached hydrogens (primary N) is 1. The van der Waals surface area contributed by atoms with Crippen LogP contribution in [0.4, 0.5) is 0 Å². The van der Waals surface area contributed by atoms with E-state index < -0.39 is 11.6 Å². The molecule has 2 aliphatic rings. The molecule has 3 N–H and O–H groups in total. The van der Waals surface area contributed by atoms with Crippen molar-refractivity contribution in [3.63, 3.8) is 0 Å². The lowest BCUT2D eigenvalue weighted by Crippen LogP contribution is -2.57. The van der Waals surface area contributed by atoms with E-state index in [1.165, 1.54) is 5.56 Å². The second-order valence-electron chi connectivity index (χ2n) is 10.6. The highest BCUT2D eigenvalue weighted by Gasteiger charge is 2.36. The van der Waals surface area contributed by atoms with E-state index in [1.54, 1.807) is 0 Å². The van der Waals surface area contributed by atoms with Crippen LogP contribution in [0.25, 0.3) is 11.1 Å². The maximum absolute atomic E-state index is 12.7. The summed E-state index contributed by atoms with van der Waals surface area (Å²) < 4.78 is 0. The van der Waals surface area contributed by atoms with Crippen LogP contribution in [-0.4, -0.2) is 60.5 Å². The largest absolute Gasteiger partial charge is 0.338 e. The maximum Gasteiger partial charge on any atom is 0.241 e. The van der Waals surface area contributed by atoms with E-state index in [0.29, 0.717) is 25.7 Å². The molecule has 1 aliphatic carbocycles. The first-order valence-electron chi connectivity index (χ1n) is 13.4. The van der Waals surface area contributed by atoms with Crippen molar-refractivity contribution < 1.29 is 4.79 Å². The van der Waals surface area contributed by atoms with Crippen LogP contribution in [0.1, 0.15) is 55.7 Å². The number of nitriles is 2. The van der Waals surface area contributed by atoms with Gasteiger partial charge in [-0.2, -0.15) is 10.5 Å². The van der Waals surface area contributed by atoms with E-state index in [1.807, 2.05) is 12.1 Å². The van der Waals surface area contributed by atoms with Crippen LogP contribution >= 0.6 is 0 Å². The predicted octanol–water partition coefficient (Wildman–Crippen LogP) is 3.77. The van der Waals surface area contributed by atoms with Gasteiger partial charge in [0.2, 0.25) is 5.91 Å². The van der Waals surface area contributed by atoms with Crippen LogP contribution in [-0.2, 0) is 11.2 Å². The Kier molecular flexibility index (Phi) is 8.95. The van der Waals surface area contributed by atoms with E-state index in [-0.39, 0.29) is 11.9 Å². The minimum Gasteiger partial charge on any atom is -0.338 e. The average molecular weight is 499 g/mol. The van der Waals surface area contributed by atoms with Crippen molar-refractivity contribution in [2.45, 2.75) is 62.6 Å². The quantitative estimate of drug-likeness (QED) is 0.573. The van der Waals surface area contributed by atoms with Crippen molar-refractivity contribution in [1.82, 2.24) is 15.1 Å². The number of amides is 1. The lowest BCUT2D eigenvalue weighted by Gasteiger charge is -2.37. The first-order valence-corrected chi connectivity index (χ1v) is 13.4. The van der Waals surface area contributed by atoms with Crippen LogP contribution in [0.5, 0.6) is 0 Å². The highest BCUT2D eigenvalue weighted by Crippen LogP contribution is 2.29. The first-order chi connectivity index (χ1) is 17.9. The van der Waals surface area contributed by atoms with Gasteiger partial charge in [-0.05, 0) is 42.1 Å². The fourth-order valence-corrected chi connectivity index (χ4v) is 5.49. The summed E-state index contributed by atoms with van der Waals surface area (Å²) in [6, 6.07) is 20.8. The summed E-state index contributed by atoms with van der Waals surface area (Å²) in [6.45, 7) is 4.00. The third kappa shape index (κ3) is 6.76. The number of rotatable bonds is 8.